The SMILES string of the molecule is N#C[C@@H]1CCN(Cc2ccccc2)C[C@H]1O. The Morgan fingerprint density at radius 3 is 2.75 bits per heavy atom. The summed E-state index contributed by atoms with van der Waals surface area (Å²) in [5.74, 6) is -0.188. The second-order valence-electron chi connectivity index (χ2n) is 4.31. The van der Waals surface area contributed by atoms with Gasteiger partial charge in [0.1, 0.15) is 0 Å². The van der Waals surface area contributed by atoms with Crippen LogP contribution in [0.1, 0.15) is 12.0 Å². The Morgan fingerprint density at radius 1 is 1.38 bits per heavy atom. The van der Waals surface area contributed by atoms with E-state index in [4.69, 9.17) is 5.26 Å². The van der Waals surface area contributed by atoms with Gasteiger partial charge in [-0.05, 0) is 18.5 Å². The highest BCUT2D eigenvalue weighted by Gasteiger charge is 2.27. The van der Waals surface area contributed by atoms with Gasteiger partial charge in [0.15, 0.2) is 0 Å². The number of hydrogen-bond acceptors (Lipinski definition) is 3. The summed E-state index contributed by atoms with van der Waals surface area (Å²) in [6.07, 6.45) is 0.271. The topological polar surface area (TPSA) is 47.3 Å². The first-order chi connectivity index (χ1) is 7.79. The Morgan fingerprint density at radius 2 is 2.12 bits per heavy atom. The van der Waals surface area contributed by atoms with Gasteiger partial charge in [0.25, 0.3) is 0 Å². The summed E-state index contributed by atoms with van der Waals surface area (Å²) in [5, 5.41) is 18.6. The van der Waals surface area contributed by atoms with E-state index in [9.17, 15) is 5.11 Å². The summed E-state index contributed by atoms with van der Waals surface area (Å²) >= 11 is 0. The van der Waals surface area contributed by atoms with Crippen LogP contribution in [0.25, 0.3) is 0 Å². The van der Waals surface area contributed by atoms with Gasteiger partial charge in [0, 0.05) is 13.1 Å². The first kappa shape index (κ1) is 11.1. The van der Waals surface area contributed by atoms with Crippen molar-refractivity contribution in [3.8, 4) is 6.07 Å². The second-order valence-corrected chi connectivity index (χ2v) is 4.31. The fourth-order valence-corrected chi connectivity index (χ4v) is 2.13. The molecule has 16 heavy (non-hydrogen) atoms. The van der Waals surface area contributed by atoms with Gasteiger partial charge < -0.3 is 5.11 Å². The average Bonchev–Trinajstić information content (AvgIpc) is 2.31. The normalized spacial score (nSPS) is 26.2. The van der Waals surface area contributed by atoms with E-state index in [1.54, 1.807) is 0 Å². The number of nitriles is 1. The molecule has 3 nitrogen and oxygen atoms in total. The van der Waals surface area contributed by atoms with Crippen molar-refractivity contribution in [3.63, 3.8) is 0 Å². The molecule has 0 saturated carbocycles. The summed E-state index contributed by atoms with van der Waals surface area (Å²) in [6.45, 7) is 2.35. The second kappa shape index (κ2) is 5.11. The predicted octanol–water partition coefficient (Wildman–Crippen LogP) is 1.39. The van der Waals surface area contributed by atoms with Crippen LogP contribution in [0, 0.1) is 17.2 Å². The molecule has 0 unspecified atom stereocenters. The molecule has 1 aromatic carbocycles. The van der Waals surface area contributed by atoms with Crippen LogP contribution >= 0.6 is 0 Å². The number of aliphatic hydroxyl groups is 1. The Hall–Kier alpha value is -1.37. The van der Waals surface area contributed by atoms with Gasteiger partial charge in [-0.2, -0.15) is 5.26 Å². The third-order valence-electron chi connectivity index (χ3n) is 3.08. The Bertz CT molecular complexity index is 371. The van der Waals surface area contributed by atoms with Crippen LogP contribution in [0.5, 0.6) is 0 Å². The van der Waals surface area contributed by atoms with Crippen LogP contribution in [0.2, 0.25) is 0 Å². The quantitative estimate of drug-likeness (QED) is 0.812. The fraction of sp³-hybridized carbons (Fsp3) is 0.462. The van der Waals surface area contributed by atoms with E-state index in [2.05, 4.69) is 23.1 Å². The van der Waals surface area contributed by atoms with Gasteiger partial charge in [0.2, 0.25) is 0 Å². The minimum atomic E-state index is -0.498. The molecule has 1 aliphatic rings. The van der Waals surface area contributed by atoms with Gasteiger partial charge in [-0.1, -0.05) is 30.3 Å². The summed E-state index contributed by atoms with van der Waals surface area (Å²) in [5.41, 5.74) is 1.25. The molecule has 84 valence electrons. The maximum absolute atomic E-state index is 9.75. The third-order valence-corrected chi connectivity index (χ3v) is 3.08. The number of rotatable bonds is 2. The number of hydrogen-bond donors (Lipinski definition) is 1. The van der Waals surface area contributed by atoms with E-state index in [-0.39, 0.29) is 5.92 Å². The molecule has 0 aromatic heterocycles. The van der Waals surface area contributed by atoms with Gasteiger partial charge in [-0.25, -0.2) is 0 Å². The third kappa shape index (κ3) is 2.60. The van der Waals surface area contributed by atoms with E-state index in [1.807, 2.05) is 18.2 Å². The van der Waals surface area contributed by atoms with Crippen LogP contribution < -0.4 is 0 Å². The molecule has 1 heterocycles. The number of likely N-dealkylation sites (tertiary alicyclic amines) is 1. The Labute approximate surface area is 95.9 Å². The monoisotopic (exact) mass is 216 g/mol. The number of nitrogens with zero attached hydrogens (tertiary/aromatic N) is 2. The van der Waals surface area contributed by atoms with Crippen molar-refractivity contribution in [2.24, 2.45) is 5.92 Å². The van der Waals surface area contributed by atoms with Crippen molar-refractivity contribution in [2.75, 3.05) is 13.1 Å². The van der Waals surface area contributed by atoms with Crippen LogP contribution in [0.4, 0.5) is 0 Å². The predicted molar refractivity (Wildman–Crippen MR) is 61.4 cm³/mol. The van der Waals surface area contributed by atoms with Crippen LogP contribution in [-0.2, 0) is 6.54 Å². The number of piperidine rings is 1. The van der Waals surface area contributed by atoms with Crippen molar-refractivity contribution < 1.29 is 5.11 Å². The number of benzene rings is 1. The van der Waals surface area contributed by atoms with Gasteiger partial charge in [0.05, 0.1) is 18.1 Å². The summed E-state index contributed by atoms with van der Waals surface area (Å²) in [4.78, 5) is 2.20. The van der Waals surface area contributed by atoms with Crippen LogP contribution in [-0.4, -0.2) is 29.2 Å². The lowest BCUT2D eigenvalue weighted by Crippen LogP contribution is -2.42. The van der Waals surface area contributed by atoms with Gasteiger partial charge in [-0.15, -0.1) is 0 Å². The molecule has 0 aliphatic carbocycles. The molecule has 2 atom stereocenters. The maximum Gasteiger partial charge on any atom is 0.0825 e. The van der Waals surface area contributed by atoms with Crippen molar-refractivity contribution >= 4 is 0 Å². The van der Waals surface area contributed by atoms with Crippen molar-refractivity contribution in [3.05, 3.63) is 35.9 Å². The van der Waals surface area contributed by atoms with Crippen LogP contribution in [0.15, 0.2) is 30.3 Å². The molecule has 1 saturated heterocycles. The van der Waals surface area contributed by atoms with E-state index in [1.165, 1.54) is 5.56 Å². The van der Waals surface area contributed by atoms with E-state index in [0.717, 1.165) is 19.5 Å². The first-order valence-electron chi connectivity index (χ1n) is 5.63. The molecule has 1 N–H and O–H groups in total. The molecular weight excluding hydrogens is 200 g/mol. The lowest BCUT2D eigenvalue weighted by Gasteiger charge is -2.32. The minimum absolute atomic E-state index is 0.188. The molecule has 1 fully saturated rings. The summed E-state index contributed by atoms with van der Waals surface area (Å²) in [6, 6.07) is 12.4. The maximum atomic E-state index is 9.75. The fourth-order valence-electron chi connectivity index (χ4n) is 2.13. The van der Waals surface area contributed by atoms with Crippen LogP contribution in [0.3, 0.4) is 0 Å². The zero-order chi connectivity index (χ0) is 11.4. The highest BCUT2D eigenvalue weighted by atomic mass is 16.3. The lowest BCUT2D eigenvalue weighted by atomic mass is 9.95. The smallest absolute Gasteiger partial charge is 0.0825 e. The van der Waals surface area contributed by atoms with Crippen molar-refractivity contribution in [2.45, 2.75) is 19.1 Å². The Kier molecular flexibility index (Phi) is 3.55. The molecule has 1 aliphatic heterocycles. The van der Waals surface area contributed by atoms with Gasteiger partial charge >= 0.3 is 0 Å². The number of aliphatic hydroxyl groups excluding tert-OH is 1. The summed E-state index contributed by atoms with van der Waals surface area (Å²) in [7, 11) is 0. The highest BCUT2D eigenvalue weighted by molar-refractivity contribution is 5.14. The number of β-amino-alcohol motifs (C(OH)–C–C–N with tert-alkyl or cyclic N) is 1. The molecule has 3 heteroatoms. The minimum Gasteiger partial charge on any atom is -0.390 e. The summed E-state index contributed by atoms with van der Waals surface area (Å²) < 4.78 is 0. The largest absolute Gasteiger partial charge is 0.390 e. The highest BCUT2D eigenvalue weighted by Crippen LogP contribution is 2.18. The van der Waals surface area contributed by atoms with Crippen molar-refractivity contribution in [1.29, 1.82) is 5.26 Å². The molecular formula is C13H16N2O. The molecule has 0 radical (unpaired) electrons. The molecule has 0 bridgehead atoms. The zero-order valence-electron chi connectivity index (χ0n) is 9.21. The molecule has 0 amide bonds. The average molecular weight is 216 g/mol. The van der Waals surface area contributed by atoms with Gasteiger partial charge in [-0.3, -0.25) is 4.90 Å². The van der Waals surface area contributed by atoms with Crippen molar-refractivity contribution in [1.82, 2.24) is 4.90 Å². The van der Waals surface area contributed by atoms with E-state index >= 15 is 0 Å². The first-order valence-corrected chi connectivity index (χ1v) is 5.63. The van der Waals surface area contributed by atoms with E-state index < -0.39 is 6.10 Å². The Balaban J connectivity index is 1.92. The molecule has 1 aromatic rings. The molecule has 0 spiro atoms. The molecule has 2 rings (SSSR count). The lowest BCUT2D eigenvalue weighted by molar-refractivity contribution is 0.0393. The standard InChI is InChI=1S/C13H16N2O/c14-8-12-6-7-15(10-13(12)16)9-11-4-2-1-3-5-11/h1-5,12-13,16H,6-7,9-10H2/t12-,13+/m0/s1. The van der Waals surface area contributed by atoms with E-state index in [0.29, 0.717) is 6.54 Å². The zero-order valence-corrected chi connectivity index (χ0v) is 9.21.